The maximum Gasteiger partial charge on any atom is 0.251 e. The summed E-state index contributed by atoms with van der Waals surface area (Å²) in [5.74, 6) is 1.50. The number of carbonyl (C=O) groups excluding carboxylic acids is 1. The van der Waals surface area contributed by atoms with Crippen LogP contribution in [0.15, 0.2) is 48.5 Å². The molecule has 0 saturated heterocycles. The number of unbranched alkanes of at least 4 members (excludes halogenated alkanes) is 1. The summed E-state index contributed by atoms with van der Waals surface area (Å²) >= 11 is 0. The van der Waals surface area contributed by atoms with Crippen molar-refractivity contribution in [2.45, 2.75) is 32.7 Å². The van der Waals surface area contributed by atoms with E-state index >= 15 is 0 Å². The number of amides is 1. The average Bonchev–Trinajstić information content (AvgIpc) is 2.62. The smallest absolute Gasteiger partial charge is 0.251 e. The molecule has 1 N–H and O–H groups in total. The third-order valence-electron chi connectivity index (χ3n) is 3.85. The van der Waals surface area contributed by atoms with E-state index in [-0.39, 0.29) is 11.9 Å². The van der Waals surface area contributed by atoms with Gasteiger partial charge in [-0.25, -0.2) is 0 Å². The zero-order valence-electron chi connectivity index (χ0n) is 14.5. The quantitative estimate of drug-likeness (QED) is 0.733. The Morgan fingerprint density at radius 3 is 2.25 bits per heavy atom. The SMILES string of the molecule is CCCCOc1ccc(C(=O)N[C@H](C)c2ccc(OC)cc2)cc1. The third-order valence-corrected chi connectivity index (χ3v) is 3.85. The van der Waals surface area contributed by atoms with E-state index in [4.69, 9.17) is 9.47 Å². The van der Waals surface area contributed by atoms with Gasteiger partial charge in [0.25, 0.3) is 5.91 Å². The van der Waals surface area contributed by atoms with Crippen LogP contribution in [-0.4, -0.2) is 19.6 Å². The molecular formula is C20H25NO3. The number of nitrogens with one attached hydrogen (secondary N) is 1. The van der Waals surface area contributed by atoms with Gasteiger partial charge in [-0.2, -0.15) is 0 Å². The molecule has 2 aromatic rings. The molecule has 24 heavy (non-hydrogen) atoms. The first-order valence-corrected chi connectivity index (χ1v) is 8.31. The lowest BCUT2D eigenvalue weighted by Crippen LogP contribution is -2.26. The molecule has 1 atom stereocenters. The molecule has 2 aromatic carbocycles. The summed E-state index contributed by atoms with van der Waals surface area (Å²) in [6.07, 6.45) is 2.13. The summed E-state index contributed by atoms with van der Waals surface area (Å²) < 4.78 is 10.8. The largest absolute Gasteiger partial charge is 0.497 e. The van der Waals surface area contributed by atoms with Crippen molar-refractivity contribution in [1.82, 2.24) is 5.32 Å². The van der Waals surface area contributed by atoms with Crippen molar-refractivity contribution in [2.75, 3.05) is 13.7 Å². The first kappa shape index (κ1) is 17.9. The Balaban J connectivity index is 1.93. The van der Waals surface area contributed by atoms with E-state index in [9.17, 15) is 4.79 Å². The molecule has 4 heteroatoms. The second kappa shape index (κ2) is 8.96. The summed E-state index contributed by atoms with van der Waals surface area (Å²) in [4.78, 5) is 12.3. The highest BCUT2D eigenvalue weighted by Gasteiger charge is 2.11. The van der Waals surface area contributed by atoms with Gasteiger partial charge < -0.3 is 14.8 Å². The number of hydrogen-bond donors (Lipinski definition) is 1. The number of carbonyl (C=O) groups is 1. The molecule has 0 aliphatic rings. The monoisotopic (exact) mass is 327 g/mol. The van der Waals surface area contributed by atoms with Crippen molar-refractivity contribution >= 4 is 5.91 Å². The Hall–Kier alpha value is -2.49. The van der Waals surface area contributed by atoms with Crippen molar-refractivity contribution in [3.8, 4) is 11.5 Å². The molecule has 1 amide bonds. The summed E-state index contributed by atoms with van der Waals surface area (Å²) in [7, 11) is 1.63. The molecule has 0 bridgehead atoms. The first-order valence-electron chi connectivity index (χ1n) is 8.31. The number of methoxy groups -OCH3 is 1. The van der Waals surface area contributed by atoms with E-state index in [1.54, 1.807) is 19.2 Å². The van der Waals surface area contributed by atoms with Gasteiger partial charge in [-0.15, -0.1) is 0 Å². The Kier molecular flexibility index (Phi) is 6.67. The van der Waals surface area contributed by atoms with Gasteiger partial charge in [0.1, 0.15) is 11.5 Å². The summed E-state index contributed by atoms with van der Waals surface area (Å²) in [6, 6.07) is 14.9. The second-order valence-electron chi connectivity index (χ2n) is 5.69. The van der Waals surface area contributed by atoms with Gasteiger partial charge in [0.2, 0.25) is 0 Å². The van der Waals surface area contributed by atoms with Crippen LogP contribution >= 0.6 is 0 Å². The van der Waals surface area contributed by atoms with Crippen LogP contribution < -0.4 is 14.8 Å². The number of benzene rings is 2. The minimum absolute atomic E-state index is 0.0797. The highest BCUT2D eigenvalue weighted by molar-refractivity contribution is 5.94. The van der Waals surface area contributed by atoms with Crippen molar-refractivity contribution < 1.29 is 14.3 Å². The lowest BCUT2D eigenvalue weighted by Gasteiger charge is -2.15. The minimum Gasteiger partial charge on any atom is -0.497 e. The van der Waals surface area contributed by atoms with E-state index in [0.29, 0.717) is 12.2 Å². The van der Waals surface area contributed by atoms with E-state index < -0.39 is 0 Å². The van der Waals surface area contributed by atoms with Gasteiger partial charge in [-0.3, -0.25) is 4.79 Å². The van der Waals surface area contributed by atoms with Crippen molar-refractivity contribution in [3.05, 3.63) is 59.7 Å². The maximum absolute atomic E-state index is 12.3. The molecule has 0 fully saturated rings. The standard InChI is InChI=1S/C20H25NO3/c1-4-5-14-24-19-12-8-17(9-13-19)20(22)21-15(2)16-6-10-18(23-3)11-7-16/h6-13,15H,4-5,14H2,1-3H3,(H,21,22)/t15-/m1/s1. The van der Waals surface area contributed by atoms with Gasteiger partial charge in [0.05, 0.1) is 19.8 Å². The maximum atomic E-state index is 12.3. The lowest BCUT2D eigenvalue weighted by molar-refractivity contribution is 0.0940. The minimum atomic E-state index is -0.0987. The average molecular weight is 327 g/mol. The molecule has 0 saturated carbocycles. The zero-order chi connectivity index (χ0) is 17.4. The number of hydrogen-bond acceptors (Lipinski definition) is 3. The molecule has 0 aliphatic carbocycles. The fourth-order valence-corrected chi connectivity index (χ4v) is 2.29. The second-order valence-corrected chi connectivity index (χ2v) is 5.69. The molecule has 4 nitrogen and oxygen atoms in total. The van der Waals surface area contributed by atoms with Gasteiger partial charge in [0, 0.05) is 5.56 Å². The van der Waals surface area contributed by atoms with Crippen LogP contribution in [-0.2, 0) is 0 Å². The molecule has 0 unspecified atom stereocenters. The molecule has 0 spiro atoms. The Bertz CT molecular complexity index is 635. The van der Waals surface area contributed by atoms with Crippen molar-refractivity contribution in [2.24, 2.45) is 0 Å². The Labute approximate surface area is 143 Å². The number of rotatable bonds is 8. The van der Waals surface area contributed by atoms with E-state index in [1.165, 1.54) is 0 Å². The normalized spacial score (nSPS) is 11.6. The van der Waals surface area contributed by atoms with Crippen molar-refractivity contribution in [1.29, 1.82) is 0 Å². The molecular weight excluding hydrogens is 302 g/mol. The topological polar surface area (TPSA) is 47.6 Å². The van der Waals surface area contributed by atoms with Crippen LogP contribution in [0.1, 0.15) is 48.7 Å². The predicted molar refractivity (Wildman–Crippen MR) is 95.7 cm³/mol. The zero-order valence-corrected chi connectivity index (χ0v) is 14.5. The summed E-state index contributed by atoms with van der Waals surface area (Å²) in [6.45, 7) is 4.79. The molecule has 0 aliphatic heterocycles. The first-order chi connectivity index (χ1) is 11.6. The van der Waals surface area contributed by atoms with E-state index in [2.05, 4.69) is 12.2 Å². The van der Waals surface area contributed by atoms with Crippen LogP contribution in [0.25, 0.3) is 0 Å². The molecule has 0 aromatic heterocycles. The summed E-state index contributed by atoms with van der Waals surface area (Å²) in [5.41, 5.74) is 1.65. The van der Waals surface area contributed by atoms with Gasteiger partial charge in [0.15, 0.2) is 0 Å². The Morgan fingerprint density at radius 2 is 1.67 bits per heavy atom. The van der Waals surface area contributed by atoms with Gasteiger partial charge >= 0.3 is 0 Å². The van der Waals surface area contributed by atoms with E-state index in [0.717, 1.165) is 29.9 Å². The fourth-order valence-electron chi connectivity index (χ4n) is 2.29. The molecule has 0 radical (unpaired) electrons. The molecule has 2 rings (SSSR count). The molecule has 128 valence electrons. The molecule has 0 heterocycles. The lowest BCUT2D eigenvalue weighted by atomic mass is 10.1. The van der Waals surface area contributed by atoms with Gasteiger partial charge in [-0.1, -0.05) is 25.5 Å². The van der Waals surface area contributed by atoms with E-state index in [1.807, 2.05) is 43.3 Å². The van der Waals surface area contributed by atoms with Gasteiger partial charge in [-0.05, 0) is 55.3 Å². The van der Waals surface area contributed by atoms with Crippen LogP contribution in [0.2, 0.25) is 0 Å². The highest BCUT2D eigenvalue weighted by Crippen LogP contribution is 2.18. The number of ether oxygens (including phenoxy) is 2. The van der Waals surface area contributed by atoms with Crippen LogP contribution in [0.3, 0.4) is 0 Å². The highest BCUT2D eigenvalue weighted by atomic mass is 16.5. The fraction of sp³-hybridized carbons (Fsp3) is 0.350. The predicted octanol–water partition coefficient (Wildman–Crippen LogP) is 4.37. The Morgan fingerprint density at radius 1 is 1.04 bits per heavy atom. The summed E-state index contributed by atoms with van der Waals surface area (Å²) in [5, 5.41) is 3.00. The van der Waals surface area contributed by atoms with Crippen molar-refractivity contribution in [3.63, 3.8) is 0 Å². The van der Waals surface area contributed by atoms with Crippen LogP contribution in [0, 0.1) is 0 Å². The third kappa shape index (κ3) is 5.01. The van der Waals surface area contributed by atoms with Crippen LogP contribution in [0.5, 0.6) is 11.5 Å². The van der Waals surface area contributed by atoms with Crippen LogP contribution in [0.4, 0.5) is 0 Å².